The van der Waals surface area contributed by atoms with Crippen LogP contribution < -0.4 is 0 Å². The van der Waals surface area contributed by atoms with Gasteiger partial charge in [-0.15, -0.1) is 0 Å². The van der Waals surface area contributed by atoms with Gasteiger partial charge in [0, 0.05) is 32.6 Å². The monoisotopic (exact) mass is 312 g/mol. The van der Waals surface area contributed by atoms with Crippen molar-refractivity contribution in [1.82, 2.24) is 0 Å². The highest BCUT2D eigenvalue weighted by molar-refractivity contribution is 8.13. The number of rotatable bonds is 2. The molecule has 2 heterocycles. The van der Waals surface area contributed by atoms with E-state index >= 15 is 0 Å². The van der Waals surface area contributed by atoms with Crippen LogP contribution in [0.15, 0.2) is 21.0 Å². The standard InChI is InChI=1S/C14H13ClO4S/c1-7-4-10-9(3)13-11(5-8(2)18-13)12(14(10)19-7)6-20(15,16)17/h4-5H,6H2,1-3H3. The zero-order chi connectivity index (χ0) is 14.7. The Kier molecular flexibility index (Phi) is 2.88. The molecular formula is C14H13ClO4S. The minimum Gasteiger partial charge on any atom is -0.461 e. The zero-order valence-electron chi connectivity index (χ0n) is 11.3. The molecule has 0 saturated heterocycles. The third-order valence-corrected chi connectivity index (χ3v) is 4.33. The van der Waals surface area contributed by atoms with Crippen LogP contribution in [0.25, 0.3) is 21.9 Å². The van der Waals surface area contributed by atoms with Crippen molar-refractivity contribution in [2.24, 2.45) is 0 Å². The Hall–Kier alpha value is -1.46. The number of hydrogen-bond donors (Lipinski definition) is 0. The van der Waals surface area contributed by atoms with Crippen LogP contribution in [0.2, 0.25) is 0 Å². The lowest BCUT2D eigenvalue weighted by Crippen LogP contribution is -1.97. The van der Waals surface area contributed by atoms with Crippen LogP contribution >= 0.6 is 10.7 Å². The third-order valence-electron chi connectivity index (χ3n) is 3.37. The molecule has 20 heavy (non-hydrogen) atoms. The van der Waals surface area contributed by atoms with Crippen molar-refractivity contribution in [2.45, 2.75) is 26.5 Å². The van der Waals surface area contributed by atoms with Gasteiger partial charge in [0.15, 0.2) is 0 Å². The lowest BCUT2D eigenvalue weighted by molar-refractivity contribution is 0.572. The first-order valence-corrected chi connectivity index (χ1v) is 8.58. The van der Waals surface area contributed by atoms with Gasteiger partial charge < -0.3 is 8.83 Å². The molecule has 0 amide bonds. The van der Waals surface area contributed by atoms with Crippen LogP contribution in [0.1, 0.15) is 22.6 Å². The Labute approximate surface area is 120 Å². The summed E-state index contributed by atoms with van der Waals surface area (Å²) in [4.78, 5) is 0. The molecule has 0 aliphatic rings. The highest BCUT2D eigenvalue weighted by atomic mass is 35.7. The first kappa shape index (κ1) is 13.5. The molecule has 0 aliphatic carbocycles. The quantitative estimate of drug-likeness (QED) is 0.666. The predicted molar refractivity (Wildman–Crippen MR) is 78.7 cm³/mol. The molecule has 3 rings (SSSR count). The Morgan fingerprint density at radius 3 is 2.15 bits per heavy atom. The van der Waals surface area contributed by atoms with E-state index in [2.05, 4.69) is 0 Å². The predicted octanol–water partition coefficient (Wildman–Crippen LogP) is 4.17. The van der Waals surface area contributed by atoms with Crippen molar-refractivity contribution < 1.29 is 17.3 Å². The molecule has 3 aromatic rings. The van der Waals surface area contributed by atoms with Crippen LogP contribution in [-0.2, 0) is 14.8 Å². The minimum absolute atomic E-state index is 0.284. The maximum atomic E-state index is 11.5. The first-order chi connectivity index (χ1) is 9.26. The molecule has 0 fully saturated rings. The second-order valence-electron chi connectivity index (χ2n) is 4.99. The van der Waals surface area contributed by atoms with Gasteiger partial charge in [0.1, 0.15) is 22.7 Å². The van der Waals surface area contributed by atoms with Gasteiger partial charge in [-0.25, -0.2) is 8.42 Å². The summed E-state index contributed by atoms with van der Waals surface area (Å²) in [5, 5.41) is 1.60. The van der Waals surface area contributed by atoms with Gasteiger partial charge in [0.2, 0.25) is 9.05 Å². The summed E-state index contributed by atoms with van der Waals surface area (Å²) in [6, 6.07) is 3.70. The summed E-state index contributed by atoms with van der Waals surface area (Å²) in [6.45, 7) is 5.58. The number of hydrogen-bond acceptors (Lipinski definition) is 4. The fraction of sp³-hybridized carbons (Fsp3) is 0.286. The minimum atomic E-state index is -3.68. The number of furan rings is 2. The summed E-state index contributed by atoms with van der Waals surface area (Å²) < 4.78 is 34.3. The van der Waals surface area contributed by atoms with Crippen LogP contribution in [0.3, 0.4) is 0 Å². The molecule has 1 aromatic carbocycles. The van der Waals surface area contributed by atoms with Crippen molar-refractivity contribution in [3.63, 3.8) is 0 Å². The Bertz CT molecular complexity index is 874. The van der Waals surface area contributed by atoms with Gasteiger partial charge >= 0.3 is 0 Å². The summed E-state index contributed by atoms with van der Waals surface area (Å²) in [6.07, 6.45) is 0. The van der Waals surface area contributed by atoms with Gasteiger partial charge in [0.05, 0.1) is 5.75 Å². The van der Waals surface area contributed by atoms with Gasteiger partial charge in [-0.2, -0.15) is 0 Å². The van der Waals surface area contributed by atoms with Gasteiger partial charge in [-0.3, -0.25) is 0 Å². The average Bonchev–Trinajstić information content (AvgIpc) is 2.86. The molecule has 0 saturated carbocycles. The highest BCUT2D eigenvalue weighted by Crippen LogP contribution is 2.37. The summed E-state index contributed by atoms with van der Waals surface area (Å²) in [5.74, 6) is 1.16. The largest absolute Gasteiger partial charge is 0.461 e. The van der Waals surface area contributed by atoms with E-state index in [0.717, 1.165) is 27.9 Å². The molecular weight excluding hydrogens is 300 g/mol. The van der Waals surface area contributed by atoms with E-state index in [0.29, 0.717) is 16.7 Å². The van der Waals surface area contributed by atoms with Gasteiger partial charge in [0.25, 0.3) is 0 Å². The average molecular weight is 313 g/mol. The Morgan fingerprint density at radius 2 is 1.55 bits per heavy atom. The fourth-order valence-electron chi connectivity index (χ4n) is 2.59. The van der Waals surface area contributed by atoms with Crippen molar-refractivity contribution in [1.29, 1.82) is 0 Å². The molecule has 6 heteroatoms. The third kappa shape index (κ3) is 2.11. The Morgan fingerprint density at radius 1 is 1.00 bits per heavy atom. The normalized spacial score (nSPS) is 12.6. The van der Waals surface area contributed by atoms with E-state index in [1.807, 2.05) is 32.9 Å². The molecule has 0 spiro atoms. The van der Waals surface area contributed by atoms with Crippen molar-refractivity contribution >= 4 is 41.7 Å². The first-order valence-electron chi connectivity index (χ1n) is 6.10. The van der Waals surface area contributed by atoms with E-state index in [9.17, 15) is 8.42 Å². The number of fused-ring (bicyclic) bond motifs is 2. The second kappa shape index (κ2) is 4.27. The van der Waals surface area contributed by atoms with Crippen molar-refractivity contribution in [2.75, 3.05) is 0 Å². The van der Waals surface area contributed by atoms with E-state index in [4.69, 9.17) is 19.5 Å². The van der Waals surface area contributed by atoms with Crippen LogP contribution in [0, 0.1) is 20.8 Å². The summed E-state index contributed by atoms with van der Waals surface area (Å²) in [7, 11) is 1.74. The van der Waals surface area contributed by atoms with E-state index < -0.39 is 9.05 Å². The van der Waals surface area contributed by atoms with Gasteiger partial charge in [-0.1, -0.05) is 0 Å². The molecule has 2 aromatic heterocycles. The molecule has 0 unspecified atom stereocenters. The summed E-state index contributed by atoms with van der Waals surface area (Å²) >= 11 is 0. The second-order valence-corrected chi connectivity index (χ2v) is 7.76. The van der Waals surface area contributed by atoms with Crippen molar-refractivity contribution in [3.8, 4) is 0 Å². The molecule has 0 N–H and O–H groups in total. The Balaban J connectivity index is 2.51. The lowest BCUT2D eigenvalue weighted by Gasteiger charge is -2.05. The molecule has 0 bridgehead atoms. The SMILES string of the molecule is Cc1cc2c(CS(=O)(=O)Cl)c3oc(C)cc3c(C)c2o1. The smallest absolute Gasteiger partial charge is 0.236 e. The van der Waals surface area contributed by atoms with Crippen LogP contribution in [-0.4, -0.2) is 8.42 Å². The number of benzene rings is 1. The van der Waals surface area contributed by atoms with Crippen LogP contribution in [0.5, 0.6) is 0 Å². The molecule has 106 valence electrons. The maximum Gasteiger partial charge on any atom is 0.236 e. The molecule has 0 atom stereocenters. The van der Waals surface area contributed by atoms with Crippen molar-refractivity contribution in [3.05, 3.63) is 34.8 Å². The molecule has 4 nitrogen and oxygen atoms in total. The van der Waals surface area contributed by atoms with E-state index in [-0.39, 0.29) is 5.75 Å². The lowest BCUT2D eigenvalue weighted by atomic mass is 10.0. The summed E-state index contributed by atoms with van der Waals surface area (Å²) in [5.41, 5.74) is 2.75. The number of halogens is 1. The maximum absolute atomic E-state index is 11.5. The molecule has 0 aliphatic heterocycles. The molecule has 0 radical (unpaired) electrons. The van der Waals surface area contributed by atoms with E-state index in [1.54, 1.807) is 0 Å². The zero-order valence-corrected chi connectivity index (χ0v) is 12.9. The fourth-order valence-corrected chi connectivity index (χ4v) is 3.55. The number of aryl methyl sites for hydroxylation is 3. The highest BCUT2D eigenvalue weighted by Gasteiger charge is 2.21. The van der Waals surface area contributed by atoms with E-state index in [1.165, 1.54) is 0 Å². The van der Waals surface area contributed by atoms with Crippen LogP contribution in [0.4, 0.5) is 0 Å². The topological polar surface area (TPSA) is 60.4 Å². The van der Waals surface area contributed by atoms with Gasteiger partial charge in [-0.05, 0) is 32.9 Å².